The van der Waals surface area contributed by atoms with E-state index in [-0.39, 0.29) is 16.8 Å². The van der Waals surface area contributed by atoms with E-state index in [1.54, 1.807) is 13.0 Å². The molecule has 1 aromatic carbocycles. The molecule has 0 aliphatic rings. The molecule has 0 atom stereocenters. The lowest BCUT2D eigenvalue weighted by Gasteiger charge is -2.22. The number of carbonyl (C=O) groups excluding carboxylic acids is 1. The number of rotatable bonds is 1. The molecular formula is C15H23FO2. The molecule has 0 fully saturated rings. The molecule has 0 heterocycles. The number of benzene rings is 1. The average molecular weight is 254 g/mol. The van der Waals surface area contributed by atoms with E-state index < -0.39 is 5.97 Å². The summed E-state index contributed by atoms with van der Waals surface area (Å²) in [6, 6.07) is 2.92. The average Bonchev–Trinajstić information content (AvgIpc) is 2.32. The first-order valence-electron chi connectivity index (χ1n) is 6.16. The SMILES string of the molecule is CC.COC(=O)c1cc(F)c(C)c(C(C)(C)C)c1. The molecule has 0 saturated heterocycles. The number of esters is 1. The molecule has 0 amide bonds. The Morgan fingerprint density at radius 1 is 1.22 bits per heavy atom. The molecule has 0 N–H and O–H groups in total. The molecule has 0 saturated carbocycles. The fourth-order valence-corrected chi connectivity index (χ4v) is 1.69. The molecule has 0 spiro atoms. The van der Waals surface area contributed by atoms with Crippen LogP contribution < -0.4 is 0 Å². The summed E-state index contributed by atoms with van der Waals surface area (Å²) in [5.74, 6) is -0.878. The summed E-state index contributed by atoms with van der Waals surface area (Å²) in [6.45, 7) is 11.7. The fourth-order valence-electron chi connectivity index (χ4n) is 1.69. The van der Waals surface area contributed by atoms with Crippen molar-refractivity contribution in [3.05, 3.63) is 34.6 Å². The van der Waals surface area contributed by atoms with Gasteiger partial charge in [0.2, 0.25) is 0 Å². The van der Waals surface area contributed by atoms with E-state index in [4.69, 9.17) is 0 Å². The van der Waals surface area contributed by atoms with Crippen molar-refractivity contribution in [1.29, 1.82) is 0 Å². The summed E-state index contributed by atoms with van der Waals surface area (Å²) in [5.41, 5.74) is 1.47. The van der Waals surface area contributed by atoms with Crippen LogP contribution in [0.2, 0.25) is 0 Å². The maximum atomic E-state index is 13.7. The van der Waals surface area contributed by atoms with Gasteiger partial charge in [-0.3, -0.25) is 0 Å². The van der Waals surface area contributed by atoms with E-state index in [0.717, 1.165) is 5.56 Å². The standard InChI is InChI=1S/C13H17FO2.C2H6/c1-8-10(13(2,3)4)6-9(7-11(8)14)12(15)16-5;1-2/h6-7H,1-5H3;1-2H3. The van der Waals surface area contributed by atoms with Gasteiger partial charge in [-0.05, 0) is 35.6 Å². The summed E-state index contributed by atoms with van der Waals surface area (Å²) in [5, 5.41) is 0. The highest BCUT2D eigenvalue weighted by molar-refractivity contribution is 5.89. The lowest BCUT2D eigenvalue weighted by atomic mass is 9.83. The van der Waals surface area contributed by atoms with E-state index >= 15 is 0 Å². The topological polar surface area (TPSA) is 26.3 Å². The first-order chi connectivity index (χ1) is 8.27. The van der Waals surface area contributed by atoms with Crippen LogP contribution in [-0.2, 0) is 10.2 Å². The highest BCUT2D eigenvalue weighted by Crippen LogP contribution is 2.28. The third-order valence-electron chi connectivity index (χ3n) is 2.57. The van der Waals surface area contributed by atoms with Crippen molar-refractivity contribution in [3.63, 3.8) is 0 Å². The van der Waals surface area contributed by atoms with E-state index in [2.05, 4.69) is 4.74 Å². The van der Waals surface area contributed by atoms with Gasteiger partial charge >= 0.3 is 5.97 Å². The molecule has 0 aliphatic carbocycles. The lowest BCUT2D eigenvalue weighted by Crippen LogP contribution is -2.16. The summed E-state index contributed by atoms with van der Waals surface area (Å²) in [6.07, 6.45) is 0. The second kappa shape index (κ2) is 6.53. The van der Waals surface area contributed by atoms with E-state index in [9.17, 15) is 9.18 Å². The Balaban J connectivity index is 0.00000137. The van der Waals surface area contributed by atoms with Crippen LogP contribution >= 0.6 is 0 Å². The van der Waals surface area contributed by atoms with Crippen LogP contribution in [0.25, 0.3) is 0 Å². The van der Waals surface area contributed by atoms with Crippen molar-refractivity contribution in [1.82, 2.24) is 0 Å². The Bertz CT molecular complexity index is 417. The molecule has 2 nitrogen and oxygen atoms in total. The van der Waals surface area contributed by atoms with Crippen molar-refractivity contribution < 1.29 is 13.9 Å². The van der Waals surface area contributed by atoms with Crippen LogP contribution in [0.1, 0.15) is 56.1 Å². The van der Waals surface area contributed by atoms with Gasteiger partial charge in [-0.25, -0.2) is 9.18 Å². The zero-order valence-electron chi connectivity index (χ0n) is 12.3. The van der Waals surface area contributed by atoms with Crippen molar-refractivity contribution in [2.75, 3.05) is 7.11 Å². The van der Waals surface area contributed by atoms with Gasteiger partial charge < -0.3 is 4.74 Å². The molecule has 0 radical (unpaired) electrons. The quantitative estimate of drug-likeness (QED) is 0.700. The minimum Gasteiger partial charge on any atom is -0.465 e. The monoisotopic (exact) mass is 254 g/mol. The molecule has 102 valence electrons. The first kappa shape index (κ1) is 16.6. The van der Waals surface area contributed by atoms with Gasteiger partial charge in [0.05, 0.1) is 12.7 Å². The van der Waals surface area contributed by atoms with Crippen molar-refractivity contribution in [2.45, 2.75) is 47.0 Å². The number of carbonyl (C=O) groups is 1. The number of hydrogen-bond acceptors (Lipinski definition) is 2. The summed E-state index contributed by atoms with van der Waals surface area (Å²) in [4.78, 5) is 11.4. The van der Waals surface area contributed by atoms with Crippen LogP contribution in [-0.4, -0.2) is 13.1 Å². The predicted octanol–water partition coefficient (Wildman–Crippen LogP) is 4.24. The van der Waals surface area contributed by atoms with Crippen LogP contribution in [0.4, 0.5) is 4.39 Å². The smallest absolute Gasteiger partial charge is 0.337 e. The van der Waals surface area contributed by atoms with Gasteiger partial charge in [0.15, 0.2) is 0 Å². The van der Waals surface area contributed by atoms with Gasteiger partial charge in [0, 0.05) is 0 Å². The third kappa shape index (κ3) is 3.83. The van der Waals surface area contributed by atoms with E-state index in [1.807, 2.05) is 34.6 Å². The molecule has 1 aromatic rings. The highest BCUT2D eigenvalue weighted by atomic mass is 19.1. The van der Waals surface area contributed by atoms with Crippen LogP contribution in [0.5, 0.6) is 0 Å². The Hall–Kier alpha value is -1.38. The molecule has 0 aliphatic heterocycles. The van der Waals surface area contributed by atoms with Gasteiger partial charge in [0.1, 0.15) is 5.82 Å². The van der Waals surface area contributed by atoms with Gasteiger partial charge in [-0.15, -0.1) is 0 Å². The molecular weight excluding hydrogens is 231 g/mol. The van der Waals surface area contributed by atoms with Crippen LogP contribution in [0, 0.1) is 12.7 Å². The Morgan fingerprint density at radius 3 is 2.11 bits per heavy atom. The second-order valence-corrected chi connectivity index (χ2v) is 4.87. The van der Waals surface area contributed by atoms with Crippen LogP contribution in [0.3, 0.4) is 0 Å². The van der Waals surface area contributed by atoms with E-state index in [1.165, 1.54) is 13.2 Å². The molecule has 18 heavy (non-hydrogen) atoms. The second-order valence-electron chi connectivity index (χ2n) is 4.87. The minimum absolute atomic E-state index is 0.199. The van der Waals surface area contributed by atoms with Crippen molar-refractivity contribution in [2.24, 2.45) is 0 Å². The molecule has 0 bridgehead atoms. The van der Waals surface area contributed by atoms with Crippen molar-refractivity contribution >= 4 is 5.97 Å². The van der Waals surface area contributed by atoms with Gasteiger partial charge in [-0.2, -0.15) is 0 Å². The molecule has 3 heteroatoms. The van der Waals surface area contributed by atoms with E-state index in [0.29, 0.717) is 5.56 Å². The maximum Gasteiger partial charge on any atom is 0.337 e. The molecule has 1 rings (SSSR count). The number of ether oxygens (including phenoxy) is 1. The molecule has 0 unspecified atom stereocenters. The Labute approximate surface area is 109 Å². The van der Waals surface area contributed by atoms with Gasteiger partial charge in [0.25, 0.3) is 0 Å². The summed E-state index contributed by atoms with van der Waals surface area (Å²) in [7, 11) is 1.29. The molecule has 0 aromatic heterocycles. The number of hydrogen-bond donors (Lipinski definition) is 0. The first-order valence-corrected chi connectivity index (χ1v) is 6.16. The minimum atomic E-state index is -0.510. The van der Waals surface area contributed by atoms with Crippen molar-refractivity contribution in [3.8, 4) is 0 Å². The van der Waals surface area contributed by atoms with Gasteiger partial charge in [-0.1, -0.05) is 34.6 Å². The normalized spacial score (nSPS) is 10.4. The van der Waals surface area contributed by atoms with Crippen LogP contribution in [0.15, 0.2) is 12.1 Å². The maximum absolute atomic E-state index is 13.7. The Kier molecular flexibility index (Phi) is 6.02. The zero-order valence-corrected chi connectivity index (χ0v) is 12.3. The fraction of sp³-hybridized carbons (Fsp3) is 0.533. The highest BCUT2D eigenvalue weighted by Gasteiger charge is 2.21. The number of methoxy groups -OCH3 is 1. The summed E-state index contributed by atoms with van der Waals surface area (Å²) >= 11 is 0. The lowest BCUT2D eigenvalue weighted by molar-refractivity contribution is 0.0600. The zero-order chi connectivity index (χ0) is 14.5. The summed E-state index contributed by atoms with van der Waals surface area (Å²) < 4.78 is 18.3. The predicted molar refractivity (Wildman–Crippen MR) is 72.5 cm³/mol. The number of halogens is 1. The third-order valence-corrected chi connectivity index (χ3v) is 2.57. The largest absolute Gasteiger partial charge is 0.465 e. The Morgan fingerprint density at radius 2 is 1.72 bits per heavy atom.